The second-order valence-corrected chi connectivity index (χ2v) is 6.17. The highest BCUT2D eigenvalue weighted by atomic mass is 35.5. The van der Waals surface area contributed by atoms with Crippen LogP contribution in [0, 0.1) is 13.8 Å². The maximum Gasteiger partial charge on any atom is 0.257 e. The summed E-state index contributed by atoms with van der Waals surface area (Å²) in [4.78, 5) is 17.1. The van der Waals surface area contributed by atoms with Gasteiger partial charge in [-0.25, -0.2) is 0 Å². The Hall–Kier alpha value is -2.10. The van der Waals surface area contributed by atoms with Crippen molar-refractivity contribution in [2.45, 2.75) is 13.8 Å². The van der Waals surface area contributed by atoms with E-state index in [-0.39, 0.29) is 5.91 Å². The van der Waals surface area contributed by atoms with Gasteiger partial charge in [0.05, 0.1) is 16.8 Å². The summed E-state index contributed by atoms with van der Waals surface area (Å²) in [6.07, 6.45) is 0. The van der Waals surface area contributed by atoms with Crippen molar-refractivity contribution in [1.29, 1.82) is 0 Å². The van der Waals surface area contributed by atoms with E-state index in [4.69, 9.17) is 23.2 Å². The largest absolute Gasteiger partial charge is 0.322 e. The van der Waals surface area contributed by atoms with Crippen LogP contribution in [0.2, 0.25) is 10.0 Å². The van der Waals surface area contributed by atoms with Gasteiger partial charge in [0.1, 0.15) is 0 Å². The molecule has 1 heterocycles. The number of nitrogens with one attached hydrogen (secondary N) is 1. The second-order valence-electron chi connectivity index (χ2n) is 5.32. The molecule has 0 aliphatic heterocycles. The van der Waals surface area contributed by atoms with Crippen LogP contribution in [-0.4, -0.2) is 10.9 Å². The lowest BCUT2D eigenvalue weighted by Gasteiger charge is -2.11. The van der Waals surface area contributed by atoms with Gasteiger partial charge in [0.25, 0.3) is 5.91 Å². The van der Waals surface area contributed by atoms with E-state index >= 15 is 0 Å². The predicted octanol–water partition coefficient (Wildman–Crippen LogP) is 5.41. The Kier molecular flexibility index (Phi) is 4.24. The molecule has 0 saturated heterocycles. The van der Waals surface area contributed by atoms with Gasteiger partial charge in [0.2, 0.25) is 0 Å². The highest BCUT2D eigenvalue weighted by Crippen LogP contribution is 2.25. The van der Waals surface area contributed by atoms with E-state index in [9.17, 15) is 4.79 Å². The number of anilines is 1. The Bertz CT molecular complexity index is 922. The number of aromatic nitrogens is 1. The van der Waals surface area contributed by atoms with Gasteiger partial charge in [-0.1, -0.05) is 29.3 Å². The van der Waals surface area contributed by atoms with Crippen LogP contribution in [0.3, 0.4) is 0 Å². The van der Waals surface area contributed by atoms with Gasteiger partial charge >= 0.3 is 0 Å². The second kappa shape index (κ2) is 6.19. The smallest absolute Gasteiger partial charge is 0.257 e. The van der Waals surface area contributed by atoms with Gasteiger partial charge in [-0.15, -0.1) is 0 Å². The molecule has 0 bridgehead atoms. The van der Waals surface area contributed by atoms with Crippen molar-refractivity contribution >= 4 is 45.7 Å². The quantitative estimate of drug-likeness (QED) is 0.675. The van der Waals surface area contributed by atoms with Crippen molar-refractivity contribution in [3.05, 3.63) is 69.3 Å². The molecule has 1 N–H and O–H groups in total. The zero-order chi connectivity index (χ0) is 16.6. The lowest BCUT2D eigenvalue weighted by atomic mass is 10.1. The van der Waals surface area contributed by atoms with E-state index in [1.807, 2.05) is 26.0 Å². The zero-order valence-corrected chi connectivity index (χ0v) is 14.2. The number of amides is 1. The normalized spacial score (nSPS) is 10.8. The molecule has 0 unspecified atom stereocenters. The molecule has 0 aliphatic rings. The Morgan fingerprint density at radius 3 is 2.65 bits per heavy atom. The van der Waals surface area contributed by atoms with E-state index < -0.39 is 0 Å². The zero-order valence-electron chi connectivity index (χ0n) is 12.7. The molecule has 0 spiro atoms. The maximum absolute atomic E-state index is 12.6. The molecule has 3 nitrogen and oxygen atoms in total. The summed E-state index contributed by atoms with van der Waals surface area (Å²) < 4.78 is 0. The van der Waals surface area contributed by atoms with Crippen molar-refractivity contribution in [3.63, 3.8) is 0 Å². The molecule has 3 rings (SSSR count). The fourth-order valence-electron chi connectivity index (χ4n) is 2.41. The number of carbonyl (C=O) groups excluding carboxylic acids is 1. The third-order valence-corrected chi connectivity index (χ3v) is 4.37. The first-order chi connectivity index (χ1) is 11.0. The number of halogens is 2. The van der Waals surface area contributed by atoms with E-state index in [1.54, 1.807) is 30.3 Å². The van der Waals surface area contributed by atoms with Gasteiger partial charge in [0.15, 0.2) is 0 Å². The fraction of sp³-hybridized carbons (Fsp3) is 0.111. The first kappa shape index (κ1) is 15.8. The van der Waals surface area contributed by atoms with Crippen LogP contribution in [0.25, 0.3) is 10.9 Å². The predicted molar refractivity (Wildman–Crippen MR) is 95.6 cm³/mol. The maximum atomic E-state index is 12.6. The van der Waals surface area contributed by atoms with Crippen LogP contribution < -0.4 is 5.32 Å². The first-order valence-corrected chi connectivity index (χ1v) is 7.84. The summed E-state index contributed by atoms with van der Waals surface area (Å²) in [5, 5.41) is 4.95. The number of nitrogens with zero attached hydrogens (tertiary/aromatic N) is 1. The fourth-order valence-corrected chi connectivity index (χ4v) is 2.76. The summed E-state index contributed by atoms with van der Waals surface area (Å²) in [7, 11) is 0. The van der Waals surface area contributed by atoms with Crippen LogP contribution in [-0.2, 0) is 0 Å². The molecular formula is C18H14Cl2N2O. The first-order valence-electron chi connectivity index (χ1n) is 7.09. The highest BCUT2D eigenvalue weighted by molar-refractivity contribution is 6.32. The standard InChI is InChI=1S/C18H14Cl2N2O/c1-10-15(20)4-3-5-16(10)22-18(23)14-9-12-8-13(19)6-7-17(12)21-11(14)2/h3-9H,1-2H3,(H,22,23). The number of fused-ring (bicyclic) bond motifs is 1. The minimum absolute atomic E-state index is 0.220. The minimum Gasteiger partial charge on any atom is -0.322 e. The summed E-state index contributed by atoms with van der Waals surface area (Å²) in [5.41, 5.74) is 3.50. The molecule has 23 heavy (non-hydrogen) atoms. The summed E-state index contributed by atoms with van der Waals surface area (Å²) >= 11 is 12.1. The minimum atomic E-state index is -0.220. The molecule has 0 atom stereocenters. The van der Waals surface area contributed by atoms with Crippen molar-refractivity contribution in [2.24, 2.45) is 0 Å². The average molecular weight is 345 g/mol. The van der Waals surface area contributed by atoms with E-state index in [0.29, 0.717) is 27.0 Å². The number of pyridine rings is 1. The lowest BCUT2D eigenvalue weighted by Crippen LogP contribution is -2.15. The van der Waals surface area contributed by atoms with Gasteiger partial charge in [-0.2, -0.15) is 0 Å². The Morgan fingerprint density at radius 1 is 1.09 bits per heavy atom. The van der Waals surface area contributed by atoms with Gasteiger partial charge in [-0.05, 0) is 55.8 Å². The van der Waals surface area contributed by atoms with E-state index in [1.165, 1.54) is 0 Å². The van der Waals surface area contributed by atoms with Gasteiger partial charge in [-0.3, -0.25) is 9.78 Å². The topological polar surface area (TPSA) is 42.0 Å². The van der Waals surface area contributed by atoms with Crippen molar-refractivity contribution in [1.82, 2.24) is 4.98 Å². The third kappa shape index (κ3) is 3.16. The monoisotopic (exact) mass is 344 g/mol. The molecule has 1 amide bonds. The molecule has 116 valence electrons. The molecule has 3 aromatic rings. The van der Waals surface area contributed by atoms with Gasteiger partial charge in [0, 0.05) is 21.1 Å². The molecule has 0 radical (unpaired) electrons. The number of hydrogen-bond donors (Lipinski definition) is 1. The van der Waals surface area contributed by atoms with E-state index in [0.717, 1.165) is 16.5 Å². The molecule has 5 heteroatoms. The molecule has 0 fully saturated rings. The van der Waals surface area contributed by atoms with Crippen LogP contribution >= 0.6 is 23.2 Å². The molecular weight excluding hydrogens is 331 g/mol. The summed E-state index contributed by atoms with van der Waals surface area (Å²) in [6.45, 7) is 3.68. The summed E-state index contributed by atoms with van der Waals surface area (Å²) in [6, 6.07) is 12.6. The average Bonchev–Trinajstić information content (AvgIpc) is 2.51. The Balaban J connectivity index is 2.00. The number of benzene rings is 2. The molecule has 2 aromatic carbocycles. The third-order valence-electron chi connectivity index (χ3n) is 3.73. The summed E-state index contributed by atoms with van der Waals surface area (Å²) in [5.74, 6) is -0.220. The lowest BCUT2D eigenvalue weighted by molar-refractivity contribution is 0.102. The van der Waals surface area contributed by atoms with Crippen LogP contribution in [0.5, 0.6) is 0 Å². The van der Waals surface area contributed by atoms with Crippen molar-refractivity contribution in [3.8, 4) is 0 Å². The molecule has 0 aliphatic carbocycles. The van der Waals surface area contributed by atoms with Crippen molar-refractivity contribution < 1.29 is 4.79 Å². The van der Waals surface area contributed by atoms with Crippen LogP contribution in [0.4, 0.5) is 5.69 Å². The SMILES string of the molecule is Cc1nc2ccc(Cl)cc2cc1C(=O)Nc1cccc(Cl)c1C. The van der Waals surface area contributed by atoms with Crippen LogP contribution in [0.15, 0.2) is 42.5 Å². The number of hydrogen-bond acceptors (Lipinski definition) is 2. The highest BCUT2D eigenvalue weighted by Gasteiger charge is 2.13. The van der Waals surface area contributed by atoms with Crippen LogP contribution in [0.1, 0.15) is 21.6 Å². The number of rotatable bonds is 2. The number of carbonyl (C=O) groups is 1. The van der Waals surface area contributed by atoms with E-state index in [2.05, 4.69) is 10.3 Å². The number of aryl methyl sites for hydroxylation is 1. The Morgan fingerprint density at radius 2 is 1.87 bits per heavy atom. The Labute approximate surface area is 144 Å². The van der Waals surface area contributed by atoms with Gasteiger partial charge < -0.3 is 5.32 Å². The molecule has 1 aromatic heterocycles. The van der Waals surface area contributed by atoms with Crippen molar-refractivity contribution in [2.75, 3.05) is 5.32 Å². The molecule has 0 saturated carbocycles.